The van der Waals surface area contributed by atoms with E-state index in [1.807, 2.05) is 24.3 Å². The summed E-state index contributed by atoms with van der Waals surface area (Å²) in [4.78, 5) is 4.15. The van der Waals surface area contributed by atoms with Gasteiger partial charge in [-0.1, -0.05) is 26.0 Å². The molecule has 0 saturated carbocycles. The first-order chi connectivity index (χ1) is 8.65. The Hall–Kier alpha value is -1.29. The van der Waals surface area contributed by atoms with E-state index in [9.17, 15) is 0 Å². The largest absolute Gasteiger partial charge is 0.356 e. The highest BCUT2D eigenvalue weighted by molar-refractivity contribution is 14.0. The number of hydrogen-bond donors (Lipinski definition) is 2. The van der Waals surface area contributed by atoms with Crippen LogP contribution in [-0.4, -0.2) is 19.6 Å². The Morgan fingerprint density at radius 3 is 2.37 bits per heavy atom. The fourth-order valence-corrected chi connectivity index (χ4v) is 1.40. The molecule has 0 saturated heterocycles. The van der Waals surface area contributed by atoms with Crippen molar-refractivity contribution in [2.45, 2.75) is 20.4 Å². The molecule has 0 spiro atoms. The van der Waals surface area contributed by atoms with Gasteiger partial charge in [0.25, 0.3) is 0 Å². The van der Waals surface area contributed by atoms with Crippen molar-refractivity contribution in [3.8, 4) is 6.07 Å². The molecular formula is C14H21IN4. The summed E-state index contributed by atoms with van der Waals surface area (Å²) in [5.41, 5.74) is 1.81. The number of halogens is 1. The minimum Gasteiger partial charge on any atom is -0.356 e. The summed E-state index contributed by atoms with van der Waals surface area (Å²) in [6, 6.07) is 9.64. The molecule has 0 amide bonds. The average Bonchev–Trinajstić information content (AvgIpc) is 2.39. The van der Waals surface area contributed by atoms with Gasteiger partial charge in [-0.2, -0.15) is 5.26 Å². The Kier molecular flexibility index (Phi) is 8.96. The lowest BCUT2D eigenvalue weighted by Crippen LogP contribution is -2.38. The van der Waals surface area contributed by atoms with Gasteiger partial charge in [0, 0.05) is 20.1 Å². The highest BCUT2D eigenvalue weighted by Gasteiger charge is 1.99. The number of nitrogens with zero attached hydrogens (tertiary/aromatic N) is 2. The maximum absolute atomic E-state index is 8.71. The fraction of sp³-hybridized carbons (Fsp3) is 0.429. The smallest absolute Gasteiger partial charge is 0.191 e. The van der Waals surface area contributed by atoms with Gasteiger partial charge in [-0.15, -0.1) is 24.0 Å². The second kappa shape index (κ2) is 9.62. The monoisotopic (exact) mass is 372 g/mol. The van der Waals surface area contributed by atoms with Crippen LogP contribution in [-0.2, 0) is 6.54 Å². The Bertz CT molecular complexity index is 432. The van der Waals surface area contributed by atoms with Crippen molar-refractivity contribution in [3.05, 3.63) is 35.4 Å². The molecule has 104 valence electrons. The van der Waals surface area contributed by atoms with E-state index in [0.717, 1.165) is 18.1 Å². The summed E-state index contributed by atoms with van der Waals surface area (Å²) in [5, 5.41) is 15.2. The van der Waals surface area contributed by atoms with Crippen molar-refractivity contribution in [2.24, 2.45) is 10.9 Å². The van der Waals surface area contributed by atoms with Crippen LogP contribution in [0.5, 0.6) is 0 Å². The van der Waals surface area contributed by atoms with Gasteiger partial charge in [-0.3, -0.25) is 4.99 Å². The topological polar surface area (TPSA) is 60.2 Å². The molecule has 0 bridgehead atoms. The summed E-state index contributed by atoms with van der Waals surface area (Å²) in [6.45, 7) is 5.90. The first kappa shape index (κ1) is 17.7. The van der Waals surface area contributed by atoms with E-state index in [1.165, 1.54) is 0 Å². The summed E-state index contributed by atoms with van der Waals surface area (Å²) in [5.74, 6) is 1.38. The standard InChI is InChI=1S/C14H20N4.HI/c1-11(2)9-17-14(16-3)18-10-13-6-4-12(8-15)5-7-13;/h4-7,11H,9-10H2,1-3H3,(H2,16,17,18);1H. The Labute approximate surface area is 132 Å². The van der Waals surface area contributed by atoms with Gasteiger partial charge in [-0.05, 0) is 23.6 Å². The molecule has 0 unspecified atom stereocenters. The van der Waals surface area contributed by atoms with Gasteiger partial charge >= 0.3 is 0 Å². The molecule has 0 aliphatic carbocycles. The van der Waals surface area contributed by atoms with Crippen LogP contribution in [0.4, 0.5) is 0 Å². The third-order valence-electron chi connectivity index (χ3n) is 2.44. The van der Waals surface area contributed by atoms with E-state index in [4.69, 9.17) is 5.26 Å². The molecule has 0 fully saturated rings. The van der Waals surface area contributed by atoms with Gasteiger partial charge in [-0.25, -0.2) is 0 Å². The van der Waals surface area contributed by atoms with Gasteiger partial charge in [0.1, 0.15) is 0 Å². The van der Waals surface area contributed by atoms with Crippen molar-refractivity contribution in [1.29, 1.82) is 5.26 Å². The highest BCUT2D eigenvalue weighted by Crippen LogP contribution is 2.02. The fourth-order valence-electron chi connectivity index (χ4n) is 1.40. The second-order valence-electron chi connectivity index (χ2n) is 4.51. The number of aliphatic imine (C=N–C) groups is 1. The molecule has 0 aromatic heterocycles. The van der Waals surface area contributed by atoms with Crippen LogP contribution in [0.1, 0.15) is 25.0 Å². The molecule has 1 rings (SSSR count). The maximum Gasteiger partial charge on any atom is 0.191 e. The normalized spacial score (nSPS) is 10.6. The van der Waals surface area contributed by atoms with Crippen LogP contribution in [0.25, 0.3) is 0 Å². The Morgan fingerprint density at radius 1 is 1.26 bits per heavy atom. The number of rotatable bonds is 4. The molecule has 0 radical (unpaired) electrons. The maximum atomic E-state index is 8.71. The Balaban J connectivity index is 0.00000324. The van der Waals surface area contributed by atoms with E-state index in [0.29, 0.717) is 18.0 Å². The van der Waals surface area contributed by atoms with E-state index >= 15 is 0 Å². The van der Waals surface area contributed by atoms with Crippen LogP contribution in [0.2, 0.25) is 0 Å². The van der Waals surface area contributed by atoms with Crippen LogP contribution < -0.4 is 10.6 Å². The molecule has 1 aromatic carbocycles. The predicted octanol–water partition coefficient (Wildman–Crippen LogP) is 2.50. The van der Waals surface area contributed by atoms with E-state index in [-0.39, 0.29) is 24.0 Å². The van der Waals surface area contributed by atoms with E-state index < -0.39 is 0 Å². The van der Waals surface area contributed by atoms with Crippen LogP contribution >= 0.6 is 24.0 Å². The molecule has 0 atom stereocenters. The molecule has 5 heteroatoms. The average molecular weight is 372 g/mol. The van der Waals surface area contributed by atoms with Crippen LogP contribution in [0.3, 0.4) is 0 Å². The van der Waals surface area contributed by atoms with E-state index in [1.54, 1.807) is 7.05 Å². The van der Waals surface area contributed by atoms with Crippen molar-refractivity contribution in [1.82, 2.24) is 10.6 Å². The zero-order valence-electron chi connectivity index (χ0n) is 11.6. The quantitative estimate of drug-likeness (QED) is 0.485. The third kappa shape index (κ3) is 7.01. The van der Waals surface area contributed by atoms with Crippen molar-refractivity contribution in [2.75, 3.05) is 13.6 Å². The van der Waals surface area contributed by atoms with Gasteiger partial charge < -0.3 is 10.6 Å². The molecular weight excluding hydrogens is 351 g/mol. The molecule has 0 heterocycles. The summed E-state index contributed by atoms with van der Waals surface area (Å²) >= 11 is 0. The summed E-state index contributed by atoms with van der Waals surface area (Å²) in [6.07, 6.45) is 0. The number of nitrogens with one attached hydrogen (secondary N) is 2. The Morgan fingerprint density at radius 2 is 1.89 bits per heavy atom. The van der Waals surface area contributed by atoms with E-state index in [2.05, 4.69) is 35.5 Å². The zero-order chi connectivity index (χ0) is 13.4. The lowest BCUT2D eigenvalue weighted by Gasteiger charge is -2.13. The molecule has 0 aliphatic rings. The van der Waals surface area contributed by atoms with Gasteiger partial charge in [0.15, 0.2) is 5.96 Å². The highest BCUT2D eigenvalue weighted by atomic mass is 127. The zero-order valence-corrected chi connectivity index (χ0v) is 13.9. The number of nitriles is 1. The lowest BCUT2D eigenvalue weighted by molar-refractivity contribution is 0.614. The van der Waals surface area contributed by atoms with Gasteiger partial charge in [0.2, 0.25) is 0 Å². The molecule has 19 heavy (non-hydrogen) atoms. The van der Waals surface area contributed by atoms with Crippen molar-refractivity contribution >= 4 is 29.9 Å². The summed E-state index contributed by atoms with van der Waals surface area (Å²) in [7, 11) is 1.76. The number of guanidine groups is 1. The van der Waals surface area contributed by atoms with Gasteiger partial charge in [0.05, 0.1) is 11.6 Å². The van der Waals surface area contributed by atoms with Crippen LogP contribution in [0, 0.1) is 17.2 Å². The predicted molar refractivity (Wildman–Crippen MR) is 89.6 cm³/mol. The first-order valence-corrected chi connectivity index (χ1v) is 6.09. The lowest BCUT2D eigenvalue weighted by atomic mass is 10.1. The van der Waals surface area contributed by atoms with Crippen molar-refractivity contribution < 1.29 is 0 Å². The minimum absolute atomic E-state index is 0. The molecule has 0 aliphatic heterocycles. The summed E-state index contributed by atoms with van der Waals surface area (Å²) < 4.78 is 0. The second-order valence-corrected chi connectivity index (χ2v) is 4.51. The molecule has 2 N–H and O–H groups in total. The first-order valence-electron chi connectivity index (χ1n) is 6.09. The number of benzene rings is 1. The SMILES string of the molecule is CN=C(NCc1ccc(C#N)cc1)NCC(C)C.I. The minimum atomic E-state index is 0. The van der Waals surface area contributed by atoms with Crippen molar-refractivity contribution in [3.63, 3.8) is 0 Å². The molecule has 1 aromatic rings. The molecule has 4 nitrogen and oxygen atoms in total. The third-order valence-corrected chi connectivity index (χ3v) is 2.44. The number of hydrogen-bond acceptors (Lipinski definition) is 2. The van der Waals surface area contributed by atoms with Crippen LogP contribution in [0.15, 0.2) is 29.3 Å².